The van der Waals surface area contributed by atoms with Crippen LogP contribution in [0.25, 0.3) is 0 Å². The number of hydrogen-bond donors (Lipinski definition) is 0. The Bertz CT molecular complexity index is 582. The van der Waals surface area contributed by atoms with Gasteiger partial charge in [0.2, 0.25) is 5.78 Å². The van der Waals surface area contributed by atoms with Crippen LogP contribution in [0.4, 0.5) is 0 Å². The molecule has 1 heterocycles. The van der Waals surface area contributed by atoms with Gasteiger partial charge in [-0.1, -0.05) is 30.7 Å². The van der Waals surface area contributed by atoms with Crippen LogP contribution in [0.2, 0.25) is 0 Å². The van der Waals surface area contributed by atoms with E-state index in [1.807, 2.05) is 25.2 Å². The third-order valence-corrected chi connectivity index (χ3v) is 3.69. The van der Waals surface area contributed by atoms with Crippen molar-refractivity contribution in [1.29, 1.82) is 0 Å². The number of imidazole rings is 1. The van der Waals surface area contributed by atoms with Gasteiger partial charge in [0.15, 0.2) is 0 Å². The summed E-state index contributed by atoms with van der Waals surface area (Å²) in [5, 5.41) is 0. The smallest absolute Gasteiger partial charge is 0.213 e. The van der Waals surface area contributed by atoms with Gasteiger partial charge in [0.25, 0.3) is 0 Å². The molecule has 1 fully saturated rings. The van der Waals surface area contributed by atoms with E-state index in [0.29, 0.717) is 11.6 Å². The van der Waals surface area contributed by atoms with Gasteiger partial charge < -0.3 is 4.57 Å². The van der Waals surface area contributed by atoms with Gasteiger partial charge in [-0.25, -0.2) is 4.98 Å². The molecular formula is C15H16N2O. The van der Waals surface area contributed by atoms with Crippen molar-refractivity contribution < 1.29 is 4.79 Å². The van der Waals surface area contributed by atoms with Gasteiger partial charge in [0.1, 0.15) is 5.69 Å². The fourth-order valence-corrected chi connectivity index (χ4v) is 2.45. The van der Waals surface area contributed by atoms with Crippen molar-refractivity contribution in [3.05, 3.63) is 53.6 Å². The van der Waals surface area contributed by atoms with Crippen LogP contribution in [0.15, 0.2) is 36.8 Å². The topological polar surface area (TPSA) is 34.9 Å². The van der Waals surface area contributed by atoms with Crippen molar-refractivity contribution in [2.45, 2.75) is 25.2 Å². The lowest BCUT2D eigenvalue weighted by Gasteiger charge is -2.27. The molecule has 0 N–H and O–H groups in total. The van der Waals surface area contributed by atoms with E-state index < -0.39 is 0 Å². The third-order valence-electron chi connectivity index (χ3n) is 3.69. The summed E-state index contributed by atoms with van der Waals surface area (Å²) in [4.78, 5) is 16.6. The summed E-state index contributed by atoms with van der Waals surface area (Å²) in [5.74, 6) is 0.604. The minimum Gasteiger partial charge on any atom is -0.340 e. The maximum atomic E-state index is 12.4. The fraction of sp³-hybridized carbons (Fsp3) is 0.333. The zero-order valence-electron chi connectivity index (χ0n) is 10.5. The van der Waals surface area contributed by atoms with E-state index in [2.05, 4.69) is 11.1 Å². The largest absolute Gasteiger partial charge is 0.340 e. The highest BCUT2D eigenvalue weighted by molar-refractivity contribution is 6.08. The second-order valence-corrected chi connectivity index (χ2v) is 4.97. The molecule has 3 nitrogen and oxygen atoms in total. The van der Waals surface area contributed by atoms with Crippen LogP contribution in [0.5, 0.6) is 0 Å². The Labute approximate surface area is 106 Å². The molecule has 3 rings (SSSR count). The normalized spacial score (nSPS) is 15.4. The lowest BCUT2D eigenvalue weighted by Crippen LogP contribution is -2.14. The van der Waals surface area contributed by atoms with Gasteiger partial charge in [-0.3, -0.25) is 4.79 Å². The molecule has 1 aromatic heterocycles. The molecule has 0 bridgehead atoms. The Kier molecular flexibility index (Phi) is 2.74. The molecule has 1 aromatic carbocycles. The Morgan fingerprint density at radius 3 is 2.72 bits per heavy atom. The average Bonchev–Trinajstić information content (AvgIpc) is 2.74. The molecule has 0 amide bonds. The van der Waals surface area contributed by atoms with Crippen LogP contribution in [0.1, 0.15) is 46.8 Å². The Balaban J connectivity index is 1.98. The number of hydrogen-bond acceptors (Lipinski definition) is 2. The van der Waals surface area contributed by atoms with Gasteiger partial charge in [-0.05, 0) is 24.3 Å². The number of aromatic nitrogens is 2. The predicted octanol–water partition coefficient (Wildman–Crippen LogP) is 2.92. The molecule has 0 unspecified atom stereocenters. The van der Waals surface area contributed by atoms with Crippen molar-refractivity contribution in [2.75, 3.05) is 0 Å². The van der Waals surface area contributed by atoms with E-state index in [1.54, 1.807) is 17.1 Å². The monoisotopic (exact) mass is 240 g/mol. The van der Waals surface area contributed by atoms with Gasteiger partial charge in [-0.2, -0.15) is 0 Å². The molecule has 3 heteroatoms. The zero-order valence-corrected chi connectivity index (χ0v) is 10.5. The van der Waals surface area contributed by atoms with E-state index in [4.69, 9.17) is 0 Å². The van der Waals surface area contributed by atoms with Crippen molar-refractivity contribution in [2.24, 2.45) is 7.05 Å². The second kappa shape index (κ2) is 4.41. The standard InChI is InChI=1S/C15H16N2O/c1-17-9-14(16-10-17)15(18)13-8-3-2-7-12(13)11-5-4-6-11/h2-3,7-11H,4-6H2,1H3. The predicted molar refractivity (Wildman–Crippen MR) is 69.7 cm³/mol. The van der Waals surface area contributed by atoms with Crippen LogP contribution in [0, 0.1) is 0 Å². The second-order valence-electron chi connectivity index (χ2n) is 4.97. The average molecular weight is 240 g/mol. The Morgan fingerprint density at radius 2 is 2.11 bits per heavy atom. The van der Waals surface area contributed by atoms with Crippen molar-refractivity contribution in [3.8, 4) is 0 Å². The lowest BCUT2D eigenvalue weighted by molar-refractivity contribution is 0.103. The molecular weight excluding hydrogens is 224 g/mol. The summed E-state index contributed by atoms with van der Waals surface area (Å²) >= 11 is 0. The highest BCUT2D eigenvalue weighted by atomic mass is 16.1. The van der Waals surface area contributed by atoms with E-state index in [-0.39, 0.29) is 5.78 Å². The van der Waals surface area contributed by atoms with Gasteiger partial charge in [-0.15, -0.1) is 0 Å². The van der Waals surface area contributed by atoms with E-state index >= 15 is 0 Å². The van der Waals surface area contributed by atoms with Gasteiger partial charge in [0.05, 0.1) is 6.33 Å². The maximum absolute atomic E-state index is 12.4. The highest BCUT2D eigenvalue weighted by Gasteiger charge is 2.25. The minimum absolute atomic E-state index is 0.0399. The molecule has 1 aliphatic carbocycles. The molecule has 0 spiro atoms. The third kappa shape index (κ3) is 1.86. The maximum Gasteiger partial charge on any atom is 0.213 e. The number of carbonyl (C=O) groups excluding carboxylic acids is 1. The minimum atomic E-state index is 0.0399. The molecule has 1 aliphatic rings. The van der Waals surface area contributed by atoms with Crippen molar-refractivity contribution in [3.63, 3.8) is 0 Å². The fourth-order valence-electron chi connectivity index (χ4n) is 2.45. The summed E-state index contributed by atoms with van der Waals surface area (Å²) in [7, 11) is 1.88. The number of nitrogens with zero attached hydrogens (tertiary/aromatic N) is 2. The first-order chi connectivity index (χ1) is 8.75. The van der Waals surface area contributed by atoms with Crippen LogP contribution in [0.3, 0.4) is 0 Å². The summed E-state index contributed by atoms with van der Waals surface area (Å²) in [6.45, 7) is 0. The molecule has 0 aliphatic heterocycles. The zero-order chi connectivity index (χ0) is 12.5. The van der Waals surface area contributed by atoms with E-state index in [1.165, 1.54) is 24.8 Å². The number of ketones is 1. The summed E-state index contributed by atoms with van der Waals surface area (Å²) in [6.07, 6.45) is 7.12. The van der Waals surface area contributed by atoms with E-state index in [0.717, 1.165) is 5.56 Å². The SMILES string of the molecule is Cn1cnc(C(=O)c2ccccc2C2CCC2)c1. The number of aryl methyl sites for hydroxylation is 1. The summed E-state index contributed by atoms with van der Waals surface area (Å²) in [5.41, 5.74) is 2.55. The Morgan fingerprint density at radius 1 is 1.33 bits per heavy atom. The summed E-state index contributed by atoms with van der Waals surface area (Å²) in [6, 6.07) is 7.95. The first-order valence-corrected chi connectivity index (χ1v) is 6.37. The van der Waals surface area contributed by atoms with Crippen LogP contribution >= 0.6 is 0 Å². The molecule has 1 saturated carbocycles. The number of carbonyl (C=O) groups is 1. The first-order valence-electron chi connectivity index (χ1n) is 6.37. The number of rotatable bonds is 3. The van der Waals surface area contributed by atoms with Crippen LogP contribution in [-0.4, -0.2) is 15.3 Å². The quantitative estimate of drug-likeness (QED) is 0.773. The summed E-state index contributed by atoms with van der Waals surface area (Å²) < 4.78 is 1.80. The highest BCUT2D eigenvalue weighted by Crippen LogP contribution is 2.38. The Hall–Kier alpha value is -1.90. The lowest BCUT2D eigenvalue weighted by atomic mass is 9.77. The van der Waals surface area contributed by atoms with Crippen LogP contribution in [-0.2, 0) is 7.05 Å². The molecule has 92 valence electrons. The molecule has 0 radical (unpaired) electrons. The number of benzene rings is 1. The van der Waals surface area contributed by atoms with E-state index in [9.17, 15) is 4.79 Å². The molecule has 18 heavy (non-hydrogen) atoms. The molecule has 2 aromatic rings. The van der Waals surface area contributed by atoms with Crippen LogP contribution < -0.4 is 0 Å². The van der Waals surface area contributed by atoms with Gasteiger partial charge >= 0.3 is 0 Å². The molecule has 0 atom stereocenters. The van der Waals surface area contributed by atoms with Crippen molar-refractivity contribution in [1.82, 2.24) is 9.55 Å². The van der Waals surface area contributed by atoms with Gasteiger partial charge in [0, 0.05) is 18.8 Å². The molecule has 0 saturated heterocycles. The van der Waals surface area contributed by atoms with Crippen molar-refractivity contribution >= 4 is 5.78 Å². The first kappa shape index (κ1) is 11.2.